The van der Waals surface area contributed by atoms with Gasteiger partial charge in [-0.25, -0.2) is 9.07 Å². The molecule has 6 heteroatoms. The monoisotopic (exact) mass is 340 g/mol. The van der Waals surface area contributed by atoms with Gasteiger partial charge in [0.05, 0.1) is 17.7 Å². The van der Waals surface area contributed by atoms with Crippen LogP contribution in [0.4, 0.5) is 4.39 Å². The van der Waals surface area contributed by atoms with Crippen molar-refractivity contribution in [2.45, 2.75) is 33.1 Å². The van der Waals surface area contributed by atoms with Crippen molar-refractivity contribution in [3.05, 3.63) is 47.0 Å². The zero-order valence-corrected chi connectivity index (χ0v) is 14.5. The second kappa shape index (κ2) is 7.06. The van der Waals surface area contributed by atoms with Crippen molar-refractivity contribution in [1.82, 2.24) is 14.7 Å². The van der Waals surface area contributed by atoms with Crippen LogP contribution in [0.3, 0.4) is 0 Å². The minimum Gasteiger partial charge on any atom is -0.336 e. The lowest BCUT2D eigenvalue weighted by atomic mass is 10.1. The number of aromatic nitrogens is 2. The third-order valence-electron chi connectivity index (χ3n) is 4.59. The number of hydrogen-bond donors (Lipinski definition) is 0. The van der Waals surface area contributed by atoms with Gasteiger partial charge in [0.15, 0.2) is 5.69 Å². The number of amides is 1. The molecule has 1 aromatic heterocycles. The number of carbonyl (C=O) groups excluding carboxylic acids is 1. The van der Waals surface area contributed by atoms with E-state index in [9.17, 15) is 9.18 Å². The molecule has 0 saturated heterocycles. The maximum Gasteiger partial charge on any atom is 0.274 e. The minimum absolute atomic E-state index is 0.136. The summed E-state index contributed by atoms with van der Waals surface area (Å²) in [6, 6.07) is 8.30. The Bertz CT molecular complexity index is 819. The smallest absolute Gasteiger partial charge is 0.274 e. The molecule has 1 aliphatic carbocycles. The fourth-order valence-corrected chi connectivity index (χ4v) is 3.28. The van der Waals surface area contributed by atoms with E-state index in [1.54, 1.807) is 28.6 Å². The van der Waals surface area contributed by atoms with Crippen molar-refractivity contribution in [3.8, 4) is 11.8 Å². The molecule has 1 amide bonds. The highest BCUT2D eigenvalue weighted by Gasteiger charge is 2.29. The van der Waals surface area contributed by atoms with Crippen LogP contribution in [0.25, 0.3) is 5.69 Å². The van der Waals surface area contributed by atoms with Crippen molar-refractivity contribution < 1.29 is 9.18 Å². The number of rotatable bonds is 5. The van der Waals surface area contributed by atoms with E-state index >= 15 is 0 Å². The van der Waals surface area contributed by atoms with Gasteiger partial charge in [-0.05, 0) is 57.4 Å². The van der Waals surface area contributed by atoms with Crippen LogP contribution >= 0.6 is 0 Å². The largest absolute Gasteiger partial charge is 0.336 e. The summed E-state index contributed by atoms with van der Waals surface area (Å²) in [6.45, 7) is 4.63. The average Bonchev–Trinajstić information content (AvgIpc) is 3.22. The Morgan fingerprint density at radius 2 is 2.12 bits per heavy atom. The molecule has 0 bridgehead atoms. The Kier molecular flexibility index (Phi) is 4.84. The Morgan fingerprint density at radius 3 is 2.76 bits per heavy atom. The molecule has 130 valence electrons. The molecular weight excluding hydrogens is 319 g/mol. The van der Waals surface area contributed by atoms with Crippen LogP contribution in [-0.4, -0.2) is 33.7 Å². The molecule has 25 heavy (non-hydrogen) atoms. The fraction of sp³-hybridized carbons (Fsp3) is 0.421. The van der Waals surface area contributed by atoms with Gasteiger partial charge in [-0.1, -0.05) is 0 Å². The summed E-state index contributed by atoms with van der Waals surface area (Å²) >= 11 is 0. The van der Waals surface area contributed by atoms with Crippen LogP contribution < -0.4 is 0 Å². The molecule has 0 spiro atoms. The maximum atomic E-state index is 13.2. The zero-order valence-electron chi connectivity index (χ0n) is 14.5. The third kappa shape index (κ3) is 3.27. The van der Waals surface area contributed by atoms with E-state index < -0.39 is 0 Å². The first kappa shape index (κ1) is 17.2. The van der Waals surface area contributed by atoms with Crippen molar-refractivity contribution >= 4 is 5.91 Å². The molecule has 2 aromatic rings. The number of fused-ring (bicyclic) bond motifs is 1. The van der Waals surface area contributed by atoms with Gasteiger partial charge in [0.1, 0.15) is 5.82 Å². The first-order valence-corrected chi connectivity index (χ1v) is 8.60. The lowest BCUT2D eigenvalue weighted by Gasteiger charge is -2.21. The quantitative estimate of drug-likeness (QED) is 0.840. The molecule has 0 saturated carbocycles. The van der Waals surface area contributed by atoms with Crippen molar-refractivity contribution in [1.29, 1.82) is 5.26 Å². The number of halogens is 1. The van der Waals surface area contributed by atoms with Crippen LogP contribution in [0, 0.1) is 23.1 Å². The minimum atomic E-state index is -0.300. The summed E-state index contributed by atoms with van der Waals surface area (Å²) in [4.78, 5) is 14.6. The number of carbonyl (C=O) groups is 1. The molecule has 5 nitrogen and oxygen atoms in total. The van der Waals surface area contributed by atoms with Gasteiger partial charge < -0.3 is 4.90 Å². The van der Waals surface area contributed by atoms with Gasteiger partial charge in [0.25, 0.3) is 5.91 Å². The van der Waals surface area contributed by atoms with Crippen LogP contribution in [0.2, 0.25) is 0 Å². The molecule has 0 radical (unpaired) electrons. The number of hydrogen-bond acceptors (Lipinski definition) is 3. The van der Waals surface area contributed by atoms with Gasteiger partial charge in [0.2, 0.25) is 0 Å². The summed E-state index contributed by atoms with van der Waals surface area (Å²) in [6.07, 6.45) is 2.66. The van der Waals surface area contributed by atoms with Crippen LogP contribution in [0.15, 0.2) is 24.3 Å². The first-order valence-electron chi connectivity index (χ1n) is 8.60. The van der Waals surface area contributed by atoms with Crippen LogP contribution in [0.1, 0.15) is 42.0 Å². The predicted octanol–water partition coefficient (Wildman–Crippen LogP) is 3.12. The standard InChI is InChI=1S/C19H21FN4O/c1-3-23(12-13(2)11-21)19(25)18-16-5-4-6-17(16)24(22-18)15-9-7-14(20)8-10-15/h7-10,13H,3-6,12H2,1-2H3/t13-/m1/s1. The molecule has 0 aliphatic heterocycles. The summed E-state index contributed by atoms with van der Waals surface area (Å²) in [5.74, 6) is -0.661. The maximum absolute atomic E-state index is 13.2. The summed E-state index contributed by atoms with van der Waals surface area (Å²) in [5.41, 5.74) is 3.23. The Labute approximate surface area is 146 Å². The average molecular weight is 340 g/mol. The van der Waals surface area contributed by atoms with Crippen molar-refractivity contribution in [2.24, 2.45) is 5.92 Å². The van der Waals surface area contributed by atoms with Gasteiger partial charge in [-0.2, -0.15) is 10.4 Å². The zero-order chi connectivity index (χ0) is 18.0. The lowest BCUT2D eigenvalue weighted by molar-refractivity contribution is 0.0745. The molecule has 3 rings (SSSR count). The molecule has 0 fully saturated rings. The number of nitriles is 1. The Balaban J connectivity index is 1.97. The molecule has 1 aromatic carbocycles. The summed E-state index contributed by atoms with van der Waals surface area (Å²) in [5, 5.41) is 13.6. The molecule has 0 N–H and O–H groups in total. The summed E-state index contributed by atoms with van der Waals surface area (Å²) in [7, 11) is 0. The van der Waals surface area contributed by atoms with Gasteiger partial charge >= 0.3 is 0 Å². The highest BCUT2D eigenvalue weighted by molar-refractivity contribution is 5.94. The Morgan fingerprint density at radius 1 is 1.40 bits per heavy atom. The van der Waals surface area contributed by atoms with E-state index in [0.717, 1.165) is 36.2 Å². The number of benzene rings is 1. The van der Waals surface area contributed by atoms with Crippen LogP contribution in [0.5, 0.6) is 0 Å². The van der Waals surface area contributed by atoms with Crippen molar-refractivity contribution in [3.63, 3.8) is 0 Å². The molecular formula is C19H21FN4O. The highest BCUT2D eigenvalue weighted by atomic mass is 19.1. The second-order valence-corrected chi connectivity index (χ2v) is 6.39. The van der Waals surface area contributed by atoms with Gasteiger partial charge in [0, 0.05) is 24.3 Å². The van der Waals surface area contributed by atoms with Crippen molar-refractivity contribution in [2.75, 3.05) is 13.1 Å². The number of nitrogens with zero attached hydrogens (tertiary/aromatic N) is 4. The van der Waals surface area contributed by atoms with Gasteiger partial charge in [-0.3, -0.25) is 4.79 Å². The molecule has 1 atom stereocenters. The van der Waals surface area contributed by atoms with E-state index in [-0.39, 0.29) is 17.6 Å². The van der Waals surface area contributed by atoms with Crippen LogP contribution in [-0.2, 0) is 12.8 Å². The topological polar surface area (TPSA) is 61.9 Å². The Hall–Kier alpha value is -2.68. The van der Waals surface area contributed by atoms with E-state index in [4.69, 9.17) is 5.26 Å². The highest BCUT2D eigenvalue weighted by Crippen LogP contribution is 2.28. The molecule has 0 unspecified atom stereocenters. The molecule has 1 heterocycles. The second-order valence-electron chi connectivity index (χ2n) is 6.39. The SMILES string of the molecule is CCN(C[C@H](C)C#N)C(=O)c1nn(-c2ccc(F)cc2)c2c1CCC2. The fourth-order valence-electron chi connectivity index (χ4n) is 3.28. The lowest BCUT2D eigenvalue weighted by Crippen LogP contribution is -2.35. The third-order valence-corrected chi connectivity index (χ3v) is 4.59. The predicted molar refractivity (Wildman–Crippen MR) is 91.9 cm³/mol. The summed E-state index contributed by atoms with van der Waals surface area (Å²) < 4.78 is 15.0. The van der Waals surface area contributed by atoms with E-state index in [1.807, 2.05) is 6.92 Å². The van der Waals surface area contributed by atoms with E-state index in [1.165, 1.54) is 12.1 Å². The van der Waals surface area contributed by atoms with E-state index in [0.29, 0.717) is 18.8 Å². The first-order chi connectivity index (χ1) is 12.0. The normalized spacial score (nSPS) is 14.0. The van der Waals surface area contributed by atoms with E-state index in [2.05, 4.69) is 11.2 Å². The molecule has 1 aliphatic rings. The van der Waals surface area contributed by atoms with Gasteiger partial charge in [-0.15, -0.1) is 0 Å².